The Balaban J connectivity index is 1.79. The fourth-order valence-electron chi connectivity index (χ4n) is 3.00. The smallest absolute Gasteiger partial charge is 0.348 e. The first-order valence-electron chi connectivity index (χ1n) is 10.6. The van der Waals surface area contributed by atoms with E-state index in [1.807, 2.05) is 0 Å². The van der Waals surface area contributed by atoms with Gasteiger partial charge < -0.3 is 23.9 Å². The average molecular weight is 540 g/mol. The Morgan fingerprint density at radius 1 is 1.11 bits per heavy atom. The maximum Gasteiger partial charge on any atom is 0.348 e. The molecule has 0 aliphatic heterocycles. The molecule has 2 aromatic heterocycles. The molecule has 186 valence electrons. The van der Waals surface area contributed by atoms with Gasteiger partial charge in [0.15, 0.2) is 5.76 Å². The molecule has 0 aliphatic rings. The third kappa shape index (κ3) is 6.36. The van der Waals surface area contributed by atoms with Crippen LogP contribution in [0.5, 0.6) is 5.75 Å². The van der Waals surface area contributed by atoms with Gasteiger partial charge in [-0.2, -0.15) is 0 Å². The summed E-state index contributed by atoms with van der Waals surface area (Å²) in [7, 11) is 0. The van der Waals surface area contributed by atoms with Crippen LogP contribution in [0.25, 0.3) is 0 Å². The molecule has 8 nitrogen and oxygen atoms in total. The summed E-state index contributed by atoms with van der Waals surface area (Å²) in [6.45, 7) is 6.85. The van der Waals surface area contributed by atoms with E-state index < -0.39 is 23.9 Å². The van der Waals surface area contributed by atoms with Crippen LogP contribution in [0.2, 0.25) is 10.0 Å². The summed E-state index contributed by atoms with van der Waals surface area (Å²) in [4.78, 5) is 38.1. The number of anilines is 1. The number of hydrogen-bond acceptors (Lipinski definition) is 8. The van der Waals surface area contributed by atoms with Gasteiger partial charge in [0.1, 0.15) is 33.0 Å². The molecule has 1 N–H and O–H groups in total. The zero-order valence-corrected chi connectivity index (χ0v) is 21.7. The lowest BCUT2D eigenvalue weighted by molar-refractivity contribution is 0.0379. The second-order valence-electron chi connectivity index (χ2n) is 7.50. The van der Waals surface area contributed by atoms with Gasteiger partial charge in [-0.25, -0.2) is 9.59 Å². The van der Waals surface area contributed by atoms with Gasteiger partial charge in [0, 0.05) is 0 Å². The lowest BCUT2D eigenvalue weighted by atomic mass is 10.1. The van der Waals surface area contributed by atoms with Crippen LogP contribution in [0.1, 0.15) is 62.7 Å². The molecule has 0 saturated carbocycles. The van der Waals surface area contributed by atoms with E-state index in [0.29, 0.717) is 22.1 Å². The van der Waals surface area contributed by atoms with Crippen molar-refractivity contribution >= 4 is 57.4 Å². The molecule has 0 bridgehead atoms. The minimum atomic E-state index is -0.661. The predicted molar refractivity (Wildman–Crippen MR) is 133 cm³/mol. The van der Waals surface area contributed by atoms with Crippen molar-refractivity contribution in [3.8, 4) is 5.75 Å². The number of hydrogen-bond donors (Lipinski definition) is 1. The molecule has 0 spiro atoms. The number of furan rings is 1. The topological polar surface area (TPSA) is 104 Å². The molecule has 3 rings (SSSR count). The Morgan fingerprint density at radius 2 is 1.86 bits per heavy atom. The molecular formula is C24H23Cl2NO7S. The van der Waals surface area contributed by atoms with Crippen LogP contribution >= 0.6 is 34.5 Å². The fraction of sp³-hybridized carbons (Fsp3) is 0.292. The summed E-state index contributed by atoms with van der Waals surface area (Å²) in [6.07, 6.45) is -0.392. The Labute approximate surface area is 216 Å². The number of benzene rings is 1. The maximum atomic E-state index is 12.9. The highest BCUT2D eigenvalue weighted by Gasteiger charge is 2.28. The highest BCUT2D eigenvalue weighted by Crippen LogP contribution is 2.35. The lowest BCUT2D eigenvalue weighted by Crippen LogP contribution is -2.16. The van der Waals surface area contributed by atoms with E-state index in [4.69, 9.17) is 41.8 Å². The van der Waals surface area contributed by atoms with Crippen molar-refractivity contribution in [3.63, 3.8) is 0 Å². The number of carbonyl (C=O) groups is 3. The summed E-state index contributed by atoms with van der Waals surface area (Å²) in [6, 6.07) is 8.02. The average Bonchev–Trinajstić information content (AvgIpc) is 3.39. The molecule has 0 aliphatic carbocycles. The minimum absolute atomic E-state index is 0.00439. The van der Waals surface area contributed by atoms with E-state index in [0.717, 1.165) is 11.3 Å². The molecule has 0 radical (unpaired) electrons. The SMILES string of the molecule is CCOC(=O)c1sc(NC(=O)c2ccc(COc3cccc(Cl)c3Cl)o2)c(C(=O)OC(C)C)c1C. The number of halogens is 2. The number of rotatable bonds is 9. The van der Waals surface area contributed by atoms with Crippen LogP contribution in [0.4, 0.5) is 5.00 Å². The van der Waals surface area contributed by atoms with Crippen LogP contribution in [0.3, 0.4) is 0 Å². The first-order valence-corrected chi connectivity index (χ1v) is 12.2. The van der Waals surface area contributed by atoms with Gasteiger partial charge in [-0.15, -0.1) is 11.3 Å². The van der Waals surface area contributed by atoms with Crippen molar-refractivity contribution in [1.82, 2.24) is 0 Å². The van der Waals surface area contributed by atoms with E-state index in [9.17, 15) is 14.4 Å². The molecule has 0 saturated heterocycles. The van der Waals surface area contributed by atoms with Crippen LogP contribution in [0, 0.1) is 6.92 Å². The number of thiophene rings is 1. The third-order valence-electron chi connectivity index (χ3n) is 4.55. The van der Waals surface area contributed by atoms with Gasteiger partial charge in [-0.3, -0.25) is 4.79 Å². The van der Waals surface area contributed by atoms with Gasteiger partial charge in [-0.05, 0) is 57.5 Å². The van der Waals surface area contributed by atoms with E-state index in [-0.39, 0.29) is 39.4 Å². The number of nitrogens with one attached hydrogen (secondary N) is 1. The van der Waals surface area contributed by atoms with Crippen molar-refractivity contribution in [3.05, 3.63) is 67.9 Å². The van der Waals surface area contributed by atoms with Gasteiger partial charge in [-0.1, -0.05) is 29.3 Å². The van der Waals surface area contributed by atoms with E-state index in [1.54, 1.807) is 52.0 Å². The lowest BCUT2D eigenvalue weighted by Gasteiger charge is -2.10. The number of amides is 1. The molecule has 1 aromatic carbocycles. The normalized spacial score (nSPS) is 10.8. The van der Waals surface area contributed by atoms with Gasteiger partial charge in [0.05, 0.1) is 23.3 Å². The molecule has 1 amide bonds. The Hall–Kier alpha value is -3.01. The van der Waals surface area contributed by atoms with E-state index in [1.165, 1.54) is 6.07 Å². The van der Waals surface area contributed by atoms with Gasteiger partial charge in [0.2, 0.25) is 0 Å². The van der Waals surface area contributed by atoms with E-state index >= 15 is 0 Å². The fourth-order valence-corrected chi connectivity index (χ4v) is 4.43. The highest BCUT2D eigenvalue weighted by atomic mass is 35.5. The summed E-state index contributed by atoms with van der Waals surface area (Å²) >= 11 is 13.0. The maximum absolute atomic E-state index is 12.9. The van der Waals surface area contributed by atoms with Crippen molar-refractivity contribution in [2.45, 2.75) is 40.4 Å². The highest BCUT2D eigenvalue weighted by molar-refractivity contribution is 7.18. The van der Waals surface area contributed by atoms with Crippen LogP contribution in [-0.2, 0) is 16.1 Å². The predicted octanol–water partition coefficient (Wildman–Crippen LogP) is 6.53. The summed E-state index contributed by atoms with van der Waals surface area (Å²) in [5.74, 6) is -1.16. The van der Waals surface area contributed by atoms with Crippen molar-refractivity contribution < 1.29 is 33.0 Å². The third-order valence-corrected chi connectivity index (χ3v) is 6.54. The molecule has 0 fully saturated rings. The Kier molecular flexibility index (Phi) is 8.82. The standard InChI is InChI=1S/C24H23Cl2NO7S/c1-5-31-24(30)20-13(4)18(23(29)33-12(2)3)22(35-20)27-21(28)17-10-9-14(34-17)11-32-16-8-6-7-15(25)19(16)26/h6-10,12H,5,11H2,1-4H3,(H,27,28). The minimum Gasteiger partial charge on any atom is -0.484 e. The molecule has 0 atom stereocenters. The molecule has 2 heterocycles. The monoisotopic (exact) mass is 539 g/mol. The second kappa shape index (κ2) is 11.6. The molecule has 35 heavy (non-hydrogen) atoms. The first-order chi connectivity index (χ1) is 16.6. The quantitative estimate of drug-likeness (QED) is 0.308. The van der Waals surface area contributed by atoms with Crippen molar-refractivity contribution in [1.29, 1.82) is 0 Å². The zero-order chi connectivity index (χ0) is 25.7. The van der Waals surface area contributed by atoms with Crippen molar-refractivity contribution in [2.75, 3.05) is 11.9 Å². The van der Waals surface area contributed by atoms with Crippen LogP contribution < -0.4 is 10.1 Å². The van der Waals surface area contributed by atoms with Gasteiger partial charge in [0.25, 0.3) is 5.91 Å². The van der Waals surface area contributed by atoms with Gasteiger partial charge >= 0.3 is 11.9 Å². The molecule has 3 aromatic rings. The Bertz CT molecular complexity index is 1250. The van der Waals surface area contributed by atoms with Crippen LogP contribution in [0.15, 0.2) is 34.7 Å². The summed E-state index contributed by atoms with van der Waals surface area (Å²) in [5, 5.41) is 3.41. The van der Waals surface area contributed by atoms with E-state index in [2.05, 4.69) is 5.32 Å². The molecule has 11 heteroatoms. The number of esters is 2. The largest absolute Gasteiger partial charge is 0.484 e. The van der Waals surface area contributed by atoms with Crippen LogP contribution in [-0.4, -0.2) is 30.6 Å². The summed E-state index contributed by atoms with van der Waals surface area (Å²) < 4.78 is 21.6. The Morgan fingerprint density at radius 3 is 2.54 bits per heavy atom. The number of ether oxygens (including phenoxy) is 3. The number of carbonyl (C=O) groups excluding carboxylic acids is 3. The summed E-state index contributed by atoms with van der Waals surface area (Å²) in [5.41, 5.74) is 0.451. The molecular weight excluding hydrogens is 517 g/mol. The first kappa shape index (κ1) is 26.6. The zero-order valence-electron chi connectivity index (χ0n) is 19.4. The van der Waals surface area contributed by atoms with Crippen molar-refractivity contribution in [2.24, 2.45) is 0 Å². The molecule has 0 unspecified atom stereocenters. The second-order valence-corrected chi connectivity index (χ2v) is 9.30.